The van der Waals surface area contributed by atoms with Gasteiger partial charge in [-0.1, -0.05) is 11.2 Å². The first-order valence-electron chi connectivity index (χ1n) is 8.52. The van der Waals surface area contributed by atoms with E-state index in [9.17, 15) is 4.79 Å². The number of amides is 1. The van der Waals surface area contributed by atoms with E-state index in [0.717, 1.165) is 35.7 Å². The molecule has 0 radical (unpaired) electrons. The van der Waals surface area contributed by atoms with Crippen molar-refractivity contribution < 1.29 is 9.32 Å². The highest BCUT2D eigenvalue weighted by molar-refractivity contribution is 5.79. The molecule has 3 rings (SSSR count). The molecule has 1 amide bonds. The fourth-order valence-corrected chi connectivity index (χ4v) is 3.01. The second-order valence-corrected chi connectivity index (χ2v) is 6.33. The van der Waals surface area contributed by atoms with Gasteiger partial charge < -0.3 is 14.7 Å². The number of nitrogens with zero attached hydrogens (tertiary/aromatic N) is 3. The van der Waals surface area contributed by atoms with Crippen LogP contribution in [-0.4, -0.2) is 29.1 Å². The first-order chi connectivity index (χ1) is 11.6. The molecule has 0 bridgehead atoms. The van der Waals surface area contributed by atoms with Crippen molar-refractivity contribution in [1.82, 2.24) is 15.5 Å². The predicted molar refractivity (Wildman–Crippen MR) is 91.8 cm³/mol. The van der Waals surface area contributed by atoms with Gasteiger partial charge in [-0.05, 0) is 44.7 Å². The summed E-state index contributed by atoms with van der Waals surface area (Å²) in [5.74, 6) is 1.69. The van der Waals surface area contributed by atoms with Crippen LogP contribution in [0.5, 0.6) is 0 Å². The third-order valence-electron chi connectivity index (χ3n) is 4.50. The van der Waals surface area contributed by atoms with Gasteiger partial charge in [0.1, 0.15) is 11.6 Å². The van der Waals surface area contributed by atoms with Crippen LogP contribution < -0.4 is 10.2 Å². The van der Waals surface area contributed by atoms with Crippen LogP contribution in [0.4, 0.5) is 5.82 Å². The fourth-order valence-electron chi connectivity index (χ4n) is 3.01. The number of piperidine rings is 1. The van der Waals surface area contributed by atoms with E-state index in [1.165, 1.54) is 19.3 Å². The minimum atomic E-state index is -0.0375. The van der Waals surface area contributed by atoms with E-state index in [-0.39, 0.29) is 5.91 Å². The molecule has 1 fully saturated rings. The van der Waals surface area contributed by atoms with Crippen LogP contribution in [0.3, 0.4) is 0 Å². The highest BCUT2D eigenvalue weighted by atomic mass is 16.5. The lowest BCUT2D eigenvalue weighted by Crippen LogP contribution is -2.30. The summed E-state index contributed by atoms with van der Waals surface area (Å²) in [5, 5.41) is 6.80. The SMILES string of the molecule is Cc1noc(C)c1CC(=O)NCc1ccc(N2CCCCC2)nc1. The molecule has 1 N–H and O–H groups in total. The van der Waals surface area contributed by atoms with Crippen LogP contribution in [0.25, 0.3) is 0 Å². The summed E-state index contributed by atoms with van der Waals surface area (Å²) >= 11 is 0. The van der Waals surface area contributed by atoms with Gasteiger partial charge in [-0.2, -0.15) is 0 Å². The normalized spacial score (nSPS) is 14.7. The van der Waals surface area contributed by atoms with Crippen molar-refractivity contribution in [2.75, 3.05) is 18.0 Å². The molecule has 0 aromatic carbocycles. The zero-order valence-electron chi connectivity index (χ0n) is 14.3. The van der Waals surface area contributed by atoms with Crippen LogP contribution >= 0.6 is 0 Å². The van der Waals surface area contributed by atoms with E-state index >= 15 is 0 Å². The molecule has 0 saturated carbocycles. The minimum Gasteiger partial charge on any atom is -0.361 e. The van der Waals surface area contributed by atoms with Gasteiger partial charge in [0.05, 0.1) is 12.1 Å². The van der Waals surface area contributed by atoms with Crippen molar-refractivity contribution in [2.45, 2.75) is 46.1 Å². The number of pyridine rings is 1. The molecule has 3 heterocycles. The van der Waals surface area contributed by atoms with Crippen LogP contribution in [0.2, 0.25) is 0 Å². The molecule has 0 aliphatic carbocycles. The van der Waals surface area contributed by atoms with Gasteiger partial charge in [0.15, 0.2) is 0 Å². The lowest BCUT2D eigenvalue weighted by Gasteiger charge is -2.27. The van der Waals surface area contributed by atoms with Gasteiger partial charge in [0, 0.05) is 31.4 Å². The maximum absolute atomic E-state index is 12.1. The molecule has 0 spiro atoms. The summed E-state index contributed by atoms with van der Waals surface area (Å²) in [6.45, 7) is 6.32. The largest absolute Gasteiger partial charge is 0.361 e. The molecule has 2 aromatic heterocycles. The molecule has 6 nitrogen and oxygen atoms in total. The number of carbonyl (C=O) groups is 1. The first kappa shape index (κ1) is 16.5. The highest BCUT2D eigenvalue weighted by Crippen LogP contribution is 2.17. The number of nitrogens with one attached hydrogen (secondary N) is 1. The molecule has 2 aromatic rings. The third-order valence-corrected chi connectivity index (χ3v) is 4.50. The maximum Gasteiger partial charge on any atom is 0.224 e. The summed E-state index contributed by atoms with van der Waals surface area (Å²) in [5.41, 5.74) is 2.64. The second-order valence-electron chi connectivity index (χ2n) is 6.33. The van der Waals surface area contributed by atoms with E-state index in [0.29, 0.717) is 18.7 Å². The number of aromatic nitrogens is 2. The van der Waals surface area contributed by atoms with Gasteiger partial charge >= 0.3 is 0 Å². The monoisotopic (exact) mass is 328 g/mol. The third kappa shape index (κ3) is 3.93. The number of hydrogen-bond donors (Lipinski definition) is 1. The van der Waals surface area contributed by atoms with E-state index in [1.807, 2.05) is 32.2 Å². The Morgan fingerprint density at radius 2 is 2.04 bits per heavy atom. The average Bonchev–Trinajstić information content (AvgIpc) is 2.93. The Labute approximate surface area is 142 Å². The van der Waals surface area contributed by atoms with E-state index < -0.39 is 0 Å². The molecule has 1 saturated heterocycles. The van der Waals surface area contributed by atoms with E-state index in [2.05, 4.69) is 20.4 Å². The van der Waals surface area contributed by atoms with Crippen molar-refractivity contribution in [2.24, 2.45) is 0 Å². The topological polar surface area (TPSA) is 71.3 Å². The van der Waals surface area contributed by atoms with E-state index in [4.69, 9.17) is 4.52 Å². The molecule has 0 unspecified atom stereocenters. The van der Waals surface area contributed by atoms with Crippen molar-refractivity contribution in [1.29, 1.82) is 0 Å². The molecule has 24 heavy (non-hydrogen) atoms. The number of hydrogen-bond acceptors (Lipinski definition) is 5. The lowest BCUT2D eigenvalue weighted by atomic mass is 10.1. The minimum absolute atomic E-state index is 0.0375. The Morgan fingerprint density at radius 1 is 1.25 bits per heavy atom. The average molecular weight is 328 g/mol. The summed E-state index contributed by atoms with van der Waals surface area (Å²) in [7, 11) is 0. The molecule has 6 heteroatoms. The van der Waals surface area contributed by atoms with Crippen LogP contribution in [0.15, 0.2) is 22.9 Å². The Kier molecular flexibility index (Phi) is 5.13. The molecule has 0 atom stereocenters. The quantitative estimate of drug-likeness (QED) is 0.913. The number of aryl methyl sites for hydroxylation is 2. The van der Waals surface area contributed by atoms with Gasteiger partial charge in [-0.25, -0.2) is 4.98 Å². The zero-order chi connectivity index (χ0) is 16.9. The standard InChI is InChI=1S/C18H24N4O2/c1-13-16(14(2)24-21-13)10-18(23)20-12-15-6-7-17(19-11-15)22-8-4-3-5-9-22/h6-7,11H,3-5,8-10,12H2,1-2H3,(H,20,23). The molecule has 128 valence electrons. The van der Waals surface area contributed by atoms with Gasteiger partial charge in [0.25, 0.3) is 0 Å². The first-order valence-corrected chi connectivity index (χ1v) is 8.52. The second kappa shape index (κ2) is 7.47. The summed E-state index contributed by atoms with van der Waals surface area (Å²) in [4.78, 5) is 18.9. The van der Waals surface area contributed by atoms with E-state index in [1.54, 1.807) is 0 Å². The zero-order valence-corrected chi connectivity index (χ0v) is 14.3. The summed E-state index contributed by atoms with van der Waals surface area (Å²) < 4.78 is 5.09. The van der Waals surface area contributed by atoms with Crippen molar-refractivity contribution in [3.8, 4) is 0 Å². The van der Waals surface area contributed by atoms with Crippen molar-refractivity contribution in [3.63, 3.8) is 0 Å². The Hall–Kier alpha value is -2.37. The maximum atomic E-state index is 12.1. The van der Waals surface area contributed by atoms with Gasteiger partial charge in [0.2, 0.25) is 5.91 Å². The van der Waals surface area contributed by atoms with Crippen molar-refractivity contribution in [3.05, 3.63) is 40.9 Å². The summed E-state index contributed by atoms with van der Waals surface area (Å²) in [6.07, 6.45) is 5.93. The molecule has 1 aliphatic heterocycles. The summed E-state index contributed by atoms with van der Waals surface area (Å²) in [6, 6.07) is 4.08. The van der Waals surface area contributed by atoms with Crippen LogP contribution in [0, 0.1) is 13.8 Å². The van der Waals surface area contributed by atoms with Crippen LogP contribution in [-0.2, 0) is 17.8 Å². The molecule has 1 aliphatic rings. The molecular formula is C18H24N4O2. The van der Waals surface area contributed by atoms with Crippen molar-refractivity contribution >= 4 is 11.7 Å². The predicted octanol–water partition coefficient (Wildman–Crippen LogP) is 2.54. The number of anilines is 1. The number of carbonyl (C=O) groups excluding carboxylic acids is 1. The number of rotatable bonds is 5. The Bertz CT molecular complexity index is 668. The molecular weight excluding hydrogens is 304 g/mol. The smallest absolute Gasteiger partial charge is 0.224 e. The lowest BCUT2D eigenvalue weighted by molar-refractivity contribution is -0.120. The van der Waals surface area contributed by atoms with Gasteiger partial charge in [-0.15, -0.1) is 0 Å². The highest BCUT2D eigenvalue weighted by Gasteiger charge is 2.14. The van der Waals surface area contributed by atoms with Gasteiger partial charge in [-0.3, -0.25) is 4.79 Å². The van der Waals surface area contributed by atoms with Crippen LogP contribution in [0.1, 0.15) is 41.8 Å². The Balaban J connectivity index is 1.52. The Morgan fingerprint density at radius 3 is 2.67 bits per heavy atom. The fraction of sp³-hybridized carbons (Fsp3) is 0.500.